The fourth-order valence-electron chi connectivity index (χ4n) is 1.86. The first-order valence-corrected chi connectivity index (χ1v) is 6.85. The lowest BCUT2D eigenvalue weighted by Crippen LogP contribution is -2.50. The first-order valence-electron chi connectivity index (χ1n) is 5.97. The van der Waals surface area contributed by atoms with Crippen LogP contribution in [-0.4, -0.2) is 29.6 Å². The Bertz CT molecular complexity index is 675. The second-order valence-electron chi connectivity index (χ2n) is 4.87. The molecule has 0 radical (unpaired) electrons. The third kappa shape index (κ3) is 2.46. The number of rotatable bonds is 3. The van der Waals surface area contributed by atoms with Gasteiger partial charge in [-0.3, -0.25) is 4.79 Å². The van der Waals surface area contributed by atoms with E-state index in [0.29, 0.717) is 4.70 Å². The lowest BCUT2D eigenvalue weighted by molar-refractivity contribution is -0.146. The quantitative estimate of drug-likeness (QED) is 0.851. The van der Waals surface area contributed by atoms with Crippen molar-refractivity contribution in [1.82, 2.24) is 5.32 Å². The third-order valence-corrected chi connectivity index (χ3v) is 3.90. The van der Waals surface area contributed by atoms with Gasteiger partial charge in [-0.15, -0.1) is 11.3 Å². The van der Waals surface area contributed by atoms with Crippen molar-refractivity contribution in [3.63, 3.8) is 0 Å². The van der Waals surface area contributed by atoms with Crippen LogP contribution in [0.4, 0.5) is 0 Å². The van der Waals surface area contributed by atoms with E-state index in [1.165, 1.54) is 38.4 Å². The van der Waals surface area contributed by atoms with Crippen LogP contribution in [0, 0.1) is 0 Å². The van der Waals surface area contributed by atoms with Gasteiger partial charge in [-0.1, -0.05) is 6.07 Å². The maximum Gasteiger partial charge on any atom is 0.330 e. The summed E-state index contributed by atoms with van der Waals surface area (Å²) in [4.78, 5) is 23.8. The van der Waals surface area contributed by atoms with Gasteiger partial charge in [-0.05, 0) is 36.7 Å². The molecule has 1 aromatic heterocycles. The maximum absolute atomic E-state index is 12.2. The molecule has 1 amide bonds. The number of benzene rings is 1. The number of phenols is 1. The molecule has 0 aliphatic carbocycles. The molecule has 6 heteroatoms. The van der Waals surface area contributed by atoms with Crippen LogP contribution in [0.1, 0.15) is 24.2 Å². The second kappa shape index (κ2) is 5.13. The molecule has 2 rings (SSSR count). The Morgan fingerprint density at radius 1 is 1.30 bits per heavy atom. The smallest absolute Gasteiger partial charge is 0.330 e. The van der Waals surface area contributed by atoms with E-state index in [4.69, 9.17) is 0 Å². The van der Waals surface area contributed by atoms with Gasteiger partial charge in [-0.25, -0.2) is 4.79 Å². The SMILES string of the molecule is COC(=O)C(C)(C)NC(=O)c1ccc2ccsc2c1O. The molecule has 0 unspecified atom stereocenters. The molecule has 0 aliphatic heterocycles. The molecular formula is C14H15NO4S. The topological polar surface area (TPSA) is 75.6 Å². The highest BCUT2D eigenvalue weighted by molar-refractivity contribution is 7.17. The van der Waals surface area contributed by atoms with Gasteiger partial charge >= 0.3 is 5.97 Å². The number of hydrogen-bond acceptors (Lipinski definition) is 5. The van der Waals surface area contributed by atoms with Gasteiger partial charge in [0.1, 0.15) is 11.3 Å². The molecule has 20 heavy (non-hydrogen) atoms. The Morgan fingerprint density at radius 3 is 2.65 bits per heavy atom. The van der Waals surface area contributed by atoms with Crippen LogP contribution in [0.25, 0.3) is 10.1 Å². The Hall–Kier alpha value is -2.08. The minimum atomic E-state index is -1.16. The van der Waals surface area contributed by atoms with Crippen molar-refractivity contribution in [3.05, 3.63) is 29.1 Å². The molecule has 1 aromatic carbocycles. The van der Waals surface area contributed by atoms with Crippen LogP contribution in [-0.2, 0) is 9.53 Å². The molecular weight excluding hydrogens is 278 g/mol. The summed E-state index contributed by atoms with van der Waals surface area (Å²) in [5, 5.41) is 15.4. The molecule has 0 bridgehead atoms. The summed E-state index contributed by atoms with van der Waals surface area (Å²) in [6.07, 6.45) is 0. The molecule has 0 saturated carbocycles. The summed E-state index contributed by atoms with van der Waals surface area (Å²) in [7, 11) is 1.26. The average molecular weight is 293 g/mol. The minimum absolute atomic E-state index is 0.0735. The van der Waals surface area contributed by atoms with Crippen molar-refractivity contribution in [2.75, 3.05) is 7.11 Å². The number of carbonyl (C=O) groups excluding carboxylic acids is 2. The first-order chi connectivity index (χ1) is 9.36. The van der Waals surface area contributed by atoms with Crippen molar-refractivity contribution in [2.24, 2.45) is 0 Å². The summed E-state index contributed by atoms with van der Waals surface area (Å²) in [6, 6.07) is 5.15. The molecule has 1 heterocycles. The molecule has 106 valence electrons. The second-order valence-corrected chi connectivity index (χ2v) is 5.79. The predicted octanol–water partition coefficient (Wildman–Crippen LogP) is 2.29. The lowest BCUT2D eigenvalue weighted by Gasteiger charge is -2.23. The zero-order valence-electron chi connectivity index (χ0n) is 11.4. The van der Waals surface area contributed by atoms with Crippen LogP contribution in [0.15, 0.2) is 23.6 Å². The Morgan fingerprint density at radius 2 is 2.00 bits per heavy atom. The highest BCUT2D eigenvalue weighted by Crippen LogP contribution is 2.33. The van der Waals surface area contributed by atoms with E-state index in [2.05, 4.69) is 10.1 Å². The van der Waals surface area contributed by atoms with Crippen LogP contribution in [0.2, 0.25) is 0 Å². The van der Waals surface area contributed by atoms with Gasteiger partial charge in [-0.2, -0.15) is 0 Å². The number of hydrogen-bond donors (Lipinski definition) is 2. The number of phenolic OH excluding ortho intramolecular Hbond substituents is 1. The lowest BCUT2D eigenvalue weighted by atomic mass is 10.0. The summed E-state index contributed by atoms with van der Waals surface area (Å²) < 4.78 is 5.27. The number of nitrogens with one attached hydrogen (secondary N) is 1. The largest absolute Gasteiger partial charge is 0.506 e. The Kier molecular flexibility index (Phi) is 3.67. The van der Waals surface area contributed by atoms with Gasteiger partial charge in [0.25, 0.3) is 5.91 Å². The van der Waals surface area contributed by atoms with Gasteiger partial charge in [0.05, 0.1) is 17.4 Å². The standard InChI is InChI=1S/C14H15NO4S/c1-14(2,13(18)19-3)15-12(17)9-5-4-8-6-7-20-11(8)10(9)16/h4-7,16H,1-3H3,(H,15,17). The van der Waals surface area contributed by atoms with Crippen LogP contribution in [0.5, 0.6) is 5.75 Å². The molecule has 0 saturated heterocycles. The molecule has 5 nitrogen and oxygen atoms in total. The van der Waals surface area contributed by atoms with Crippen molar-refractivity contribution >= 4 is 33.3 Å². The summed E-state index contributed by atoms with van der Waals surface area (Å²) >= 11 is 1.35. The van der Waals surface area contributed by atoms with Crippen LogP contribution in [0.3, 0.4) is 0 Å². The molecule has 2 N–H and O–H groups in total. The average Bonchev–Trinajstić information content (AvgIpc) is 2.86. The Balaban J connectivity index is 2.32. The number of carbonyl (C=O) groups is 2. The molecule has 2 aromatic rings. The van der Waals surface area contributed by atoms with E-state index < -0.39 is 17.4 Å². The minimum Gasteiger partial charge on any atom is -0.506 e. The van der Waals surface area contributed by atoms with Crippen LogP contribution < -0.4 is 5.32 Å². The first kappa shape index (κ1) is 14.3. The summed E-state index contributed by atoms with van der Waals surface area (Å²) in [5.41, 5.74) is -1.03. The van der Waals surface area contributed by atoms with Gasteiger partial charge in [0.2, 0.25) is 0 Å². The third-order valence-electron chi connectivity index (χ3n) is 2.96. The number of thiophene rings is 1. The summed E-state index contributed by atoms with van der Waals surface area (Å²) in [5.74, 6) is -1.15. The highest BCUT2D eigenvalue weighted by Gasteiger charge is 2.31. The normalized spacial score (nSPS) is 11.3. The fraction of sp³-hybridized carbons (Fsp3) is 0.286. The number of ether oxygens (including phenoxy) is 1. The number of amides is 1. The number of methoxy groups -OCH3 is 1. The van der Waals surface area contributed by atoms with E-state index in [9.17, 15) is 14.7 Å². The van der Waals surface area contributed by atoms with Crippen molar-refractivity contribution in [2.45, 2.75) is 19.4 Å². The van der Waals surface area contributed by atoms with Crippen molar-refractivity contribution < 1.29 is 19.4 Å². The van der Waals surface area contributed by atoms with Gasteiger partial charge in [0.15, 0.2) is 0 Å². The monoisotopic (exact) mass is 293 g/mol. The number of fused-ring (bicyclic) bond motifs is 1. The molecule has 0 aliphatic rings. The predicted molar refractivity (Wildman–Crippen MR) is 77.1 cm³/mol. The Labute approximate surface area is 120 Å². The van der Waals surface area contributed by atoms with Gasteiger partial charge in [0, 0.05) is 0 Å². The van der Waals surface area contributed by atoms with E-state index in [0.717, 1.165) is 5.39 Å². The number of esters is 1. The van der Waals surface area contributed by atoms with Crippen molar-refractivity contribution in [3.8, 4) is 5.75 Å². The fourth-order valence-corrected chi connectivity index (χ4v) is 2.70. The van der Waals surface area contributed by atoms with E-state index in [-0.39, 0.29) is 11.3 Å². The zero-order valence-corrected chi connectivity index (χ0v) is 12.2. The van der Waals surface area contributed by atoms with Crippen molar-refractivity contribution in [1.29, 1.82) is 0 Å². The van der Waals surface area contributed by atoms with E-state index in [1.807, 2.05) is 11.4 Å². The molecule has 0 fully saturated rings. The summed E-state index contributed by atoms with van der Waals surface area (Å²) in [6.45, 7) is 3.08. The zero-order chi connectivity index (χ0) is 14.9. The highest BCUT2D eigenvalue weighted by atomic mass is 32.1. The molecule has 0 spiro atoms. The maximum atomic E-state index is 12.2. The van der Waals surface area contributed by atoms with Crippen LogP contribution >= 0.6 is 11.3 Å². The number of aromatic hydroxyl groups is 1. The molecule has 0 atom stereocenters. The van der Waals surface area contributed by atoms with E-state index >= 15 is 0 Å². The van der Waals surface area contributed by atoms with Gasteiger partial charge < -0.3 is 15.2 Å². The van der Waals surface area contributed by atoms with E-state index in [1.54, 1.807) is 6.07 Å².